The number of halogens is 1. The molecule has 5 heteroatoms. The summed E-state index contributed by atoms with van der Waals surface area (Å²) >= 11 is 6.01. The fourth-order valence-electron chi connectivity index (χ4n) is 2.05. The first-order valence-electron chi connectivity index (χ1n) is 7.23. The highest BCUT2D eigenvalue weighted by Gasteiger charge is 2.10. The fourth-order valence-corrected chi connectivity index (χ4v) is 2.23. The predicted octanol–water partition coefficient (Wildman–Crippen LogP) is 4.11. The van der Waals surface area contributed by atoms with E-state index in [4.69, 9.17) is 22.1 Å². The fraction of sp³-hybridized carbons (Fsp3) is 0.438. The molecule has 1 aromatic carbocycles. The maximum absolute atomic E-state index is 6.01. The van der Waals surface area contributed by atoms with E-state index in [-0.39, 0.29) is 6.04 Å². The number of nitrogens with zero attached hydrogens (tertiary/aromatic N) is 2. The van der Waals surface area contributed by atoms with Crippen LogP contribution in [0.5, 0.6) is 5.75 Å². The third-order valence-electron chi connectivity index (χ3n) is 3.54. The average molecular weight is 308 g/mol. The zero-order valence-corrected chi connectivity index (χ0v) is 13.5. The second-order valence-electron chi connectivity index (χ2n) is 5.30. The standard InChI is InChI=1S/C16H22ClN3O/c1-4-11(2)20-8-7-14(19-20)10-21-16-6-5-13(17)9-15(16)12(3)18/h5-9,11-12H,4,10,18H2,1-3H3. The zero-order chi connectivity index (χ0) is 15.4. The molecule has 0 radical (unpaired) electrons. The minimum atomic E-state index is -0.128. The molecule has 2 N–H and O–H groups in total. The summed E-state index contributed by atoms with van der Waals surface area (Å²) in [5.41, 5.74) is 7.77. The summed E-state index contributed by atoms with van der Waals surface area (Å²) in [5, 5.41) is 5.19. The summed E-state index contributed by atoms with van der Waals surface area (Å²) in [7, 11) is 0. The molecule has 0 fully saturated rings. The number of rotatable bonds is 6. The van der Waals surface area contributed by atoms with Crippen LogP contribution in [-0.2, 0) is 6.61 Å². The van der Waals surface area contributed by atoms with Crippen LogP contribution in [0.15, 0.2) is 30.5 Å². The molecule has 2 aromatic rings. The highest BCUT2D eigenvalue weighted by atomic mass is 35.5. The van der Waals surface area contributed by atoms with Gasteiger partial charge in [0.2, 0.25) is 0 Å². The van der Waals surface area contributed by atoms with Gasteiger partial charge >= 0.3 is 0 Å². The van der Waals surface area contributed by atoms with Crippen molar-refractivity contribution in [3.63, 3.8) is 0 Å². The van der Waals surface area contributed by atoms with Gasteiger partial charge in [0.15, 0.2) is 0 Å². The summed E-state index contributed by atoms with van der Waals surface area (Å²) in [6, 6.07) is 7.76. The summed E-state index contributed by atoms with van der Waals surface area (Å²) < 4.78 is 7.82. The van der Waals surface area contributed by atoms with Gasteiger partial charge < -0.3 is 10.5 Å². The topological polar surface area (TPSA) is 53.1 Å². The van der Waals surface area contributed by atoms with E-state index in [1.54, 1.807) is 6.07 Å². The molecule has 4 nitrogen and oxygen atoms in total. The van der Waals surface area contributed by atoms with Gasteiger partial charge in [-0.25, -0.2) is 0 Å². The van der Waals surface area contributed by atoms with Gasteiger partial charge in [0.1, 0.15) is 12.4 Å². The third-order valence-corrected chi connectivity index (χ3v) is 3.78. The van der Waals surface area contributed by atoms with Crippen LogP contribution in [0.3, 0.4) is 0 Å². The number of ether oxygens (including phenoxy) is 1. The van der Waals surface area contributed by atoms with Gasteiger partial charge in [-0.3, -0.25) is 4.68 Å². The molecule has 0 saturated heterocycles. The molecule has 114 valence electrons. The van der Waals surface area contributed by atoms with E-state index in [1.807, 2.05) is 36.0 Å². The SMILES string of the molecule is CCC(C)n1ccc(COc2ccc(Cl)cc2C(C)N)n1. The van der Waals surface area contributed by atoms with Crippen molar-refractivity contribution in [1.82, 2.24) is 9.78 Å². The molecular weight excluding hydrogens is 286 g/mol. The molecule has 0 aliphatic heterocycles. The van der Waals surface area contributed by atoms with Gasteiger partial charge in [-0.15, -0.1) is 0 Å². The largest absolute Gasteiger partial charge is 0.487 e. The third kappa shape index (κ3) is 3.99. The van der Waals surface area contributed by atoms with Crippen molar-refractivity contribution >= 4 is 11.6 Å². The predicted molar refractivity (Wildman–Crippen MR) is 85.6 cm³/mol. The molecule has 0 aliphatic rings. The van der Waals surface area contributed by atoms with E-state index in [1.165, 1.54) is 0 Å². The van der Waals surface area contributed by atoms with Crippen LogP contribution in [0.1, 0.15) is 50.5 Å². The number of aromatic nitrogens is 2. The van der Waals surface area contributed by atoms with Gasteiger partial charge in [0.25, 0.3) is 0 Å². The molecule has 21 heavy (non-hydrogen) atoms. The van der Waals surface area contributed by atoms with E-state index in [9.17, 15) is 0 Å². The summed E-state index contributed by atoms with van der Waals surface area (Å²) in [5.74, 6) is 0.757. The van der Waals surface area contributed by atoms with Gasteiger partial charge in [-0.05, 0) is 44.5 Å². The van der Waals surface area contributed by atoms with Crippen molar-refractivity contribution in [2.45, 2.75) is 45.9 Å². The van der Waals surface area contributed by atoms with E-state index < -0.39 is 0 Å². The van der Waals surface area contributed by atoms with Crippen LogP contribution < -0.4 is 10.5 Å². The molecule has 0 aliphatic carbocycles. The Morgan fingerprint density at radius 3 is 2.76 bits per heavy atom. The van der Waals surface area contributed by atoms with Crippen molar-refractivity contribution in [2.24, 2.45) is 5.73 Å². The second-order valence-corrected chi connectivity index (χ2v) is 5.74. The van der Waals surface area contributed by atoms with Crippen LogP contribution in [0.4, 0.5) is 0 Å². The maximum Gasteiger partial charge on any atom is 0.132 e. The lowest BCUT2D eigenvalue weighted by molar-refractivity contribution is 0.293. The molecule has 1 heterocycles. The number of benzene rings is 1. The van der Waals surface area contributed by atoms with E-state index in [2.05, 4.69) is 18.9 Å². The highest BCUT2D eigenvalue weighted by Crippen LogP contribution is 2.27. The van der Waals surface area contributed by atoms with E-state index in [0.29, 0.717) is 17.7 Å². The van der Waals surface area contributed by atoms with Crippen LogP contribution in [0, 0.1) is 0 Å². The second kappa shape index (κ2) is 6.96. The first-order chi connectivity index (χ1) is 10.0. The lowest BCUT2D eigenvalue weighted by Crippen LogP contribution is -2.09. The number of nitrogens with two attached hydrogens (primary N) is 1. The Morgan fingerprint density at radius 2 is 2.10 bits per heavy atom. The molecule has 0 saturated carbocycles. The molecule has 1 aromatic heterocycles. The van der Waals surface area contributed by atoms with Crippen molar-refractivity contribution in [3.8, 4) is 5.75 Å². The highest BCUT2D eigenvalue weighted by molar-refractivity contribution is 6.30. The molecule has 0 bridgehead atoms. The quantitative estimate of drug-likeness (QED) is 0.874. The van der Waals surface area contributed by atoms with Gasteiger partial charge in [0.05, 0.1) is 5.69 Å². The first kappa shape index (κ1) is 15.9. The Hall–Kier alpha value is -1.52. The van der Waals surface area contributed by atoms with Crippen LogP contribution in [0.25, 0.3) is 0 Å². The smallest absolute Gasteiger partial charge is 0.132 e. The Bertz CT molecular complexity index is 595. The Balaban J connectivity index is 2.08. The monoisotopic (exact) mass is 307 g/mol. The molecule has 2 unspecified atom stereocenters. The maximum atomic E-state index is 6.01. The summed E-state index contributed by atoms with van der Waals surface area (Å²) in [4.78, 5) is 0. The Morgan fingerprint density at radius 1 is 1.33 bits per heavy atom. The van der Waals surface area contributed by atoms with Crippen molar-refractivity contribution in [3.05, 3.63) is 46.7 Å². The lowest BCUT2D eigenvalue weighted by atomic mass is 10.1. The Labute approximate surface area is 130 Å². The minimum absolute atomic E-state index is 0.128. The Kier molecular flexibility index (Phi) is 5.26. The summed E-state index contributed by atoms with van der Waals surface area (Å²) in [6.45, 7) is 6.62. The van der Waals surface area contributed by atoms with Crippen molar-refractivity contribution in [2.75, 3.05) is 0 Å². The van der Waals surface area contributed by atoms with Gasteiger partial charge in [0, 0.05) is 28.9 Å². The first-order valence-corrected chi connectivity index (χ1v) is 7.61. The molecule has 0 spiro atoms. The minimum Gasteiger partial charge on any atom is -0.487 e. The lowest BCUT2D eigenvalue weighted by Gasteiger charge is -2.14. The van der Waals surface area contributed by atoms with Gasteiger partial charge in [-0.1, -0.05) is 18.5 Å². The molecule has 0 amide bonds. The molecule has 2 rings (SSSR count). The summed E-state index contributed by atoms with van der Waals surface area (Å²) in [6.07, 6.45) is 3.04. The van der Waals surface area contributed by atoms with Crippen LogP contribution >= 0.6 is 11.6 Å². The van der Waals surface area contributed by atoms with E-state index >= 15 is 0 Å². The van der Waals surface area contributed by atoms with Crippen LogP contribution in [0.2, 0.25) is 5.02 Å². The van der Waals surface area contributed by atoms with Gasteiger partial charge in [-0.2, -0.15) is 5.10 Å². The average Bonchev–Trinajstić information content (AvgIpc) is 2.93. The van der Waals surface area contributed by atoms with Crippen molar-refractivity contribution in [1.29, 1.82) is 0 Å². The number of hydrogen-bond acceptors (Lipinski definition) is 3. The van der Waals surface area contributed by atoms with Crippen molar-refractivity contribution < 1.29 is 4.74 Å². The normalized spacial score (nSPS) is 14.0. The van der Waals surface area contributed by atoms with Crippen LogP contribution in [-0.4, -0.2) is 9.78 Å². The molecule has 2 atom stereocenters. The zero-order valence-electron chi connectivity index (χ0n) is 12.7. The molecular formula is C16H22ClN3O. The number of hydrogen-bond donors (Lipinski definition) is 1. The van der Waals surface area contributed by atoms with E-state index in [0.717, 1.165) is 23.4 Å².